The van der Waals surface area contributed by atoms with Gasteiger partial charge in [-0.15, -0.1) is 0 Å². The molecule has 2 amide bonds. The van der Waals surface area contributed by atoms with Crippen molar-refractivity contribution < 1.29 is 9.59 Å². The molecule has 0 bridgehead atoms. The first-order valence-corrected chi connectivity index (χ1v) is 11.0. The van der Waals surface area contributed by atoms with Crippen LogP contribution in [0.15, 0.2) is 97.1 Å². The first kappa shape index (κ1) is 20.7. The van der Waals surface area contributed by atoms with Crippen molar-refractivity contribution >= 4 is 11.8 Å². The van der Waals surface area contributed by atoms with Crippen LogP contribution in [0.5, 0.6) is 0 Å². The quantitative estimate of drug-likeness (QED) is 0.496. The van der Waals surface area contributed by atoms with Crippen molar-refractivity contribution in [2.45, 2.75) is 19.1 Å². The van der Waals surface area contributed by atoms with Gasteiger partial charge in [0.05, 0.1) is 12.6 Å². The Kier molecular flexibility index (Phi) is 5.72. The molecule has 0 radical (unpaired) electrons. The predicted molar refractivity (Wildman–Crippen MR) is 126 cm³/mol. The van der Waals surface area contributed by atoms with E-state index in [-0.39, 0.29) is 23.6 Å². The lowest BCUT2D eigenvalue weighted by molar-refractivity contribution is 0.0683. The van der Waals surface area contributed by atoms with Gasteiger partial charge in [-0.05, 0) is 16.7 Å². The van der Waals surface area contributed by atoms with Gasteiger partial charge < -0.3 is 10.2 Å². The maximum atomic E-state index is 13.2. The maximum Gasteiger partial charge on any atom is 0.272 e. The second-order valence-electron chi connectivity index (χ2n) is 8.08. The van der Waals surface area contributed by atoms with E-state index in [4.69, 9.17) is 0 Å². The normalized spacial score (nSPS) is 13.1. The topological polar surface area (TPSA) is 67.2 Å². The Morgan fingerprint density at radius 1 is 0.848 bits per heavy atom. The lowest BCUT2D eigenvalue weighted by Gasteiger charge is -2.27. The van der Waals surface area contributed by atoms with Crippen molar-refractivity contribution in [1.29, 1.82) is 0 Å². The van der Waals surface area contributed by atoms with E-state index in [1.54, 1.807) is 15.6 Å². The Bertz CT molecular complexity index is 1210. The van der Waals surface area contributed by atoms with E-state index in [0.29, 0.717) is 25.3 Å². The molecule has 0 saturated carbocycles. The number of nitrogens with zero attached hydrogens (tertiary/aromatic N) is 3. The summed E-state index contributed by atoms with van der Waals surface area (Å²) in [6, 6.07) is 30.8. The summed E-state index contributed by atoms with van der Waals surface area (Å²) < 4.78 is 1.64. The largest absolute Gasteiger partial charge is 0.340 e. The fourth-order valence-corrected chi connectivity index (χ4v) is 4.16. The van der Waals surface area contributed by atoms with Crippen LogP contribution < -0.4 is 5.32 Å². The highest BCUT2D eigenvalue weighted by Gasteiger charge is 2.28. The fraction of sp³-hybridized carbons (Fsp3) is 0.148. The molecule has 2 heterocycles. The van der Waals surface area contributed by atoms with Gasteiger partial charge in [-0.2, -0.15) is 5.10 Å². The molecule has 0 unspecified atom stereocenters. The molecular weight excluding hydrogens is 412 g/mol. The van der Waals surface area contributed by atoms with E-state index in [9.17, 15) is 9.59 Å². The zero-order valence-corrected chi connectivity index (χ0v) is 18.1. The Morgan fingerprint density at radius 3 is 2.03 bits per heavy atom. The molecule has 6 nitrogen and oxygen atoms in total. The van der Waals surface area contributed by atoms with Gasteiger partial charge in [0.25, 0.3) is 11.8 Å². The summed E-state index contributed by atoms with van der Waals surface area (Å²) in [5, 5.41) is 7.54. The number of carbonyl (C=O) groups excluding carboxylic acids is 2. The fourth-order valence-electron chi connectivity index (χ4n) is 4.16. The minimum absolute atomic E-state index is 0.112. The summed E-state index contributed by atoms with van der Waals surface area (Å²) in [5.74, 6) is -0.420. The van der Waals surface area contributed by atoms with Crippen LogP contribution in [0.1, 0.15) is 43.7 Å². The number of nitrogens with one attached hydrogen (secondary N) is 1. The van der Waals surface area contributed by atoms with E-state index in [1.165, 1.54) is 0 Å². The van der Waals surface area contributed by atoms with Crippen LogP contribution in [0.3, 0.4) is 0 Å². The molecule has 3 aromatic carbocycles. The van der Waals surface area contributed by atoms with E-state index in [1.807, 2.05) is 91.0 Å². The number of benzene rings is 3. The van der Waals surface area contributed by atoms with E-state index in [2.05, 4.69) is 10.4 Å². The highest BCUT2D eigenvalue weighted by atomic mass is 16.2. The van der Waals surface area contributed by atoms with Crippen molar-refractivity contribution in [3.05, 3.63) is 125 Å². The number of hydrogen-bond acceptors (Lipinski definition) is 3. The van der Waals surface area contributed by atoms with Gasteiger partial charge in [-0.25, -0.2) is 0 Å². The molecule has 1 aromatic heterocycles. The number of amides is 2. The first-order chi connectivity index (χ1) is 16.2. The molecule has 1 aliphatic heterocycles. The molecule has 164 valence electrons. The number of hydrogen-bond donors (Lipinski definition) is 1. The molecule has 0 fully saturated rings. The van der Waals surface area contributed by atoms with Crippen LogP contribution in [0, 0.1) is 0 Å². The summed E-state index contributed by atoms with van der Waals surface area (Å²) in [4.78, 5) is 28.0. The molecule has 1 N–H and O–H groups in total. The molecule has 33 heavy (non-hydrogen) atoms. The third-order valence-corrected chi connectivity index (χ3v) is 5.86. The van der Waals surface area contributed by atoms with Gasteiger partial charge in [0.1, 0.15) is 5.69 Å². The Labute approximate surface area is 192 Å². The van der Waals surface area contributed by atoms with Crippen molar-refractivity contribution in [2.24, 2.45) is 0 Å². The van der Waals surface area contributed by atoms with Gasteiger partial charge in [0.15, 0.2) is 5.69 Å². The second-order valence-corrected chi connectivity index (χ2v) is 8.08. The van der Waals surface area contributed by atoms with Crippen molar-refractivity contribution in [2.75, 3.05) is 6.54 Å². The molecule has 4 aromatic rings. The lowest BCUT2D eigenvalue weighted by Crippen LogP contribution is -2.39. The molecule has 0 saturated heterocycles. The van der Waals surface area contributed by atoms with E-state index >= 15 is 0 Å². The summed E-state index contributed by atoms with van der Waals surface area (Å²) in [6.45, 7) is 1.65. The standard InChI is InChI=1S/C27H24N4O2/c32-26(28-25(21-12-6-2-7-13-21)22-14-8-3-9-15-22)23-18-24-27(33)30(16-17-31(24)29-23)19-20-10-4-1-5-11-20/h1-15,18,25H,16-17,19H2,(H,28,32). The molecular formula is C27H24N4O2. The Morgan fingerprint density at radius 2 is 1.42 bits per heavy atom. The number of aromatic nitrogens is 2. The lowest BCUT2D eigenvalue weighted by atomic mass is 9.98. The van der Waals surface area contributed by atoms with Crippen molar-refractivity contribution in [1.82, 2.24) is 20.0 Å². The SMILES string of the molecule is O=C(NC(c1ccccc1)c1ccccc1)c1cc2n(n1)CCN(Cc1ccccc1)C2=O. The molecule has 0 spiro atoms. The highest BCUT2D eigenvalue weighted by Crippen LogP contribution is 2.23. The average molecular weight is 437 g/mol. The minimum Gasteiger partial charge on any atom is -0.340 e. The van der Waals surface area contributed by atoms with Gasteiger partial charge in [-0.3, -0.25) is 14.3 Å². The van der Waals surface area contributed by atoms with Crippen LogP contribution in [-0.2, 0) is 13.1 Å². The summed E-state index contributed by atoms with van der Waals surface area (Å²) in [5.41, 5.74) is 3.72. The second kappa shape index (κ2) is 9.12. The van der Waals surface area contributed by atoms with Crippen molar-refractivity contribution in [3.8, 4) is 0 Å². The van der Waals surface area contributed by atoms with Gasteiger partial charge in [0.2, 0.25) is 0 Å². The van der Waals surface area contributed by atoms with Crippen LogP contribution in [0.4, 0.5) is 0 Å². The predicted octanol–water partition coefficient (Wildman–Crippen LogP) is 4.06. The zero-order valence-electron chi connectivity index (χ0n) is 18.1. The van der Waals surface area contributed by atoms with E-state index < -0.39 is 0 Å². The number of fused-ring (bicyclic) bond motifs is 1. The highest BCUT2D eigenvalue weighted by molar-refractivity contribution is 5.98. The molecule has 1 aliphatic rings. The summed E-state index contributed by atoms with van der Waals surface area (Å²) >= 11 is 0. The van der Waals surface area contributed by atoms with Crippen LogP contribution >= 0.6 is 0 Å². The maximum absolute atomic E-state index is 13.2. The van der Waals surface area contributed by atoms with Crippen LogP contribution in [0.2, 0.25) is 0 Å². The monoisotopic (exact) mass is 436 g/mol. The van der Waals surface area contributed by atoms with Gasteiger partial charge in [-0.1, -0.05) is 91.0 Å². The number of rotatable bonds is 6. The third-order valence-electron chi connectivity index (χ3n) is 5.86. The average Bonchev–Trinajstić information content (AvgIpc) is 3.31. The van der Waals surface area contributed by atoms with Gasteiger partial charge in [0, 0.05) is 19.2 Å². The van der Waals surface area contributed by atoms with E-state index in [0.717, 1.165) is 16.7 Å². The number of carbonyl (C=O) groups is 2. The summed E-state index contributed by atoms with van der Waals surface area (Å²) in [6.07, 6.45) is 0. The molecule has 5 rings (SSSR count). The molecule has 0 aliphatic carbocycles. The van der Waals surface area contributed by atoms with Crippen molar-refractivity contribution in [3.63, 3.8) is 0 Å². The Hall–Kier alpha value is -4.19. The molecule has 0 atom stereocenters. The van der Waals surface area contributed by atoms with Crippen LogP contribution in [-0.4, -0.2) is 33.0 Å². The smallest absolute Gasteiger partial charge is 0.272 e. The van der Waals surface area contributed by atoms with Gasteiger partial charge >= 0.3 is 0 Å². The zero-order chi connectivity index (χ0) is 22.6. The van der Waals surface area contributed by atoms with Crippen LogP contribution in [0.25, 0.3) is 0 Å². The third kappa shape index (κ3) is 4.41. The Balaban J connectivity index is 1.37. The first-order valence-electron chi connectivity index (χ1n) is 11.0. The summed E-state index contributed by atoms with van der Waals surface area (Å²) in [7, 11) is 0. The molecule has 6 heteroatoms. The minimum atomic E-state index is -0.316.